The van der Waals surface area contributed by atoms with Crippen molar-refractivity contribution in [1.29, 1.82) is 0 Å². The minimum absolute atomic E-state index is 1.00. The zero-order chi connectivity index (χ0) is 9.80. The highest BCUT2D eigenvalue weighted by Gasteiger charge is 2.09. The van der Waals surface area contributed by atoms with Crippen LogP contribution in [-0.2, 0) is 19.3 Å². The topological polar surface area (TPSA) is 12.0 Å². The van der Waals surface area contributed by atoms with Gasteiger partial charge in [-0.05, 0) is 49.0 Å². The fourth-order valence-corrected chi connectivity index (χ4v) is 2.15. The highest BCUT2D eigenvalue weighted by Crippen LogP contribution is 2.18. The zero-order valence-electron chi connectivity index (χ0n) is 8.55. The SMILES string of the molecule is C=CCc1cccc2c1CCNCC2. The van der Waals surface area contributed by atoms with Crippen molar-refractivity contribution in [1.82, 2.24) is 5.32 Å². The van der Waals surface area contributed by atoms with Gasteiger partial charge in [-0.2, -0.15) is 0 Å². The summed E-state index contributed by atoms with van der Waals surface area (Å²) in [7, 11) is 0. The first kappa shape index (κ1) is 9.47. The summed E-state index contributed by atoms with van der Waals surface area (Å²) >= 11 is 0. The van der Waals surface area contributed by atoms with Crippen molar-refractivity contribution in [3.8, 4) is 0 Å². The Labute approximate surface area is 85.8 Å². The van der Waals surface area contributed by atoms with Gasteiger partial charge in [-0.1, -0.05) is 24.3 Å². The Kier molecular flexibility index (Phi) is 3.00. The highest BCUT2D eigenvalue weighted by atomic mass is 14.8. The van der Waals surface area contributed by atoms with Crippen LogP contribution >= 0.6 is 0 Å². The number of rotatable bonds is 2. The molecule has 1 N–H and O–H groups in total. The van der Waals surface area contributed by atoms with Crippen LogP contribution in [0.2, 0.25) is 0 Å². The molecule has 0 aliphatic carbocycles. The Balaban J connectivity index is 2.37. The molecular formula is C13H17N. The van der Waals surface area contributed by atoms with E-state index in [2.05, 4.69) is 30.1 Å². The Morgan fingerprint density at radius 1 is 1.29 bits per heavy atom. The molecule has 0 bridgehead atoms. The summed E-state index contributed by atoms with van der Waals surface area (Å²) in [6, 6.07) is 6.66. The van der Waals surface area contributed by atoms with Gasteiger partial charge in [0.05, 0.1) is 0 Å². The van der Waals surface area contributed by atoms with Crippen LogP contribution in [-0.4, -0.2) is 13.1 Å². The van der Waals surface area contributed by atoms with E-state index in [1.54, 1.807) is 5.56 Å². The standard InChI is InChI=1S/C13H17N/c1-2-4-11-5-3-6-12-7-9-14-10-8-13(11)12/h2-3,5-6,14H,1,4,7-10H2. The van der Waals surface area contributed by atoms with Crippen LogP contribution in [0.1, 0.15) is 16.7 Å². The van der Waals surface area contributed by atoms with Gasteiger partial charge in [-0.25, -0.2) is 0 Å². The van der Waals surface area contributed by atoms with E-state index in [-0.39, 0.29) is 0 Å². The van der Waals surface area contributed by atoms with Gasteiger partial charge < -0.3 is 5.32 Å². The van der Waals surface area contributed by atoms with E-state index >= 15 is 0 Å². The van der Waals surface area contributed by atoms with E-state index in [1.165, 1.54) is 24.0 Å². The molecule has 0 saturated carbocycles. The van der Waals surface area contributed by atoms with Crippen LogP contribution in [0.3, 0.4) is 0 Å². The molecule has 2 rings (SSSR count). The van der Waals surface area contributed by atoms with E-state index in [9.17, 15) is 0 Å². The molecule has 1 aliphatic heterocycles. The lowest BCUT2D eigenvalue weighted by Gasteiger charge is -2.10. The number of benzene rings is 1. The fraction of sp³-hybridized carbons (Fsp3) is 0.385. The fourth-order valence-electron chi connectivity index (χ4n) is 2.15. The van der Waals surface area contributed by atoms with Crippen molar-refractivity contribution in [2.45, 2.75) is 19.3 Å². The predicted octanol–water partition coefficient (Wildman–Crippen LogP) is 2.10. The molecule has 0 radical (unpaired) electrons. The van der Waals surface area contributed by atoms with Crippen molar-refractivity contribution < 1.29 is 0 Å². The van der Waals surface area contributed by atoms with Crippen molar-refractivity contribution >= 4 is 0 Å². The van der Waals surface area contributed by atoms with Crippen molar-refractivity contribution in [3.05, 3.63) is 47.5 Å². The summed E-state index contributed by atoms with van der Waals surface area (Å²) in [5.74, 6) is 0. The summed E-state index contributed by atoms with van der Waals surface area (Å²) in [6.45, 7) is 6.04. The molecule has 0 saturated heterocycles. The molecule has 0 unspecified atom stereocenters. The lowest BCUT2D eigenvalue weighted by atomic mass is 9.95. The Hall–Kier alpha value is -1.08. The summed E-state index contributed by atoms with van der Waals surface area (Å²) < 4.78 is 0. The monoisotopic (exact) mass is 187 g/mol. The van der Waals surface area contributed by atoms with Gasteiger partial charge in [0.15, 0.2) is 0 Å². The van der Waals surface area contributed by atoms with Crippen molar-refractivity contribution in [2.24, 2.45) is 0 Å². The minimum Gasteiger partial charge on any atom is -0.316 e. The molecule has 74 valence electrons. The lowest BCUT2D eigenvalue weighted by molar-refractivity contribution is 0.710. The molecule has 1 aromatic rings. The summed E-state index contributed by atoms with van der Waals surface area (Å²) in [6.07, 6.45) is 5.33. The van der Waals surface area contributed by atoms with Crippen LogP contribution in [0.15, 0.2) is 30.9 Å². The van der Waals surface area contributed by atoms with Crippen LogP contribution in [0, 0.1) is 0 Å². The average molecular weight is 187 g/mol. The molecule has 1 nitrogen and oxygen atoms in total. The van der Waals surface area contributed by atoms with Gasteiger partial charge in [-0.3, -0.25) is 0 Å². The average Bonchev–Trinajstić information content (AvgIpc) is 2.44. The van der Waals surface area contributed by atoms with Gasteiger partial charge >= 0.3 is 0 Å². The van der Waals surface area contributed by atoms with E-state index in [4.69, 9.17) is 0 Å². The number of hydrogen-bond donors (Lipinski definition) is 1. The van der Waals surface area contributed by atoms with Crippen LogP contribution < -0.4 is 5.32 Å². The molecular weight excluding hydrogens is 170 g/mol. The third kappa shape index (κ3) is 1.88. The highest BCUT2D eigenvalue weighted by molar-refractivity contribution is 5.37. The van der Waals surface area contributed by atoms with Gasteiger partial charge in [-0.15, -0.1) is 6.58 Å². The Morgan fingerprint density at radius 2 is 2.14 bits per heavy atom. The van der Waals surface area contributed by atoms with Crippen LogP contribution in [0.5, 0.6) is 0 Å². The molecule has 0 atom stereocenters. The lowest BCUT2D eigenvalue weighted by Crippen LogP contribution is -2.16. The van der Waals surface area contributed by atoms with E-state index < -0.39 is 0 Å². The van der Waals surface area contributed by atoms with E-state index in [1.807, 2.05) is 6.08 Å². The molecule has 1 heteroatoms. The van der Waals surface area contributed by atoms with Crippen LogP contribution in [0.25, 0.3) is 0 Å². The van der Waals surface area contributed by atoms with Gasteiger partial charge in [0.1, 0.15) is 0 Å². The first-order valence-corrected chi connectivity index (χ1v) is 5.33. The van der Waals surface area contributed by atoms with Crippen LogP contribution in [0.4, 0.5) is 0 Å². The molecule has 0 aromatic heterocycles. The third-order valence-corrected chi connectivity index (χ3v) is 2.86. The summed E-state index contributed by atoms with van der Waals surface area (Å²) in [5, 5.41) is 3.44. The maximum Gasteiger partial charge on any atom is -0.000802 e. The summed E-state index contributed by atoms with van der Waals surface area (Å²) in [4.78, 5) is 0. The second kappa shape index (κ2) is 4.43. The zero-order valence-corrected chi connectivity index (χ0v) is 8.55. The Morgan fingerprint density at radius 3 is 3.00 bits per heavy atom. The maximum absolute atomic E-state index is 3.81. The van der Waals surface area contributed by atoms with E-state index in [0.29, 0.717) is 0 Å². The first-order valence-electron chi connectivity index (χ1n) is 5.33. The third-order valence-electron chi connectivity index (χ3n) is 2.86. The smallest absolute Gasteiger partial charge is 0.000802 e. The quantitative estimate of drug-likeness (QED) is 0.699. The molecule has 1 aromatic carbocycles. The van der Waals surface area contributed by atoms with Gasteiger partial charge in [0.2, 0.25) is 0 Å². The Bertz CT molecular complexity index is 328. The number of nitrogens with one attached hydrogen (secondary N) is 1. The summed E-state index contributed by atoms with van der Waals surface area (Å²) in [5.41, 5.74) is 4.54. The predicted molar refractivity (Wildman–Crippen MR) is 60.6 cm³/mol. The van der Waals surface area contributed by atoms with Gasteiger partial charge in [0.25, 0.3) is 0 Å². The molecule has 1 heterocycles. The number of allylic oxidation sites excluding steroid dienone is 1. The first-order chi connectivity index (χ1) is 6.92. The second-order valence-electron chi connectivity index (χ2n) is 3.80. The largest absolute Gasteiger partial charge is 0.316 e. The van der Waals surface area contributed by atoms with E-state index in [0.717, 1.165) is 19.5 Å². The minimum atomic E-state index is 1.00. The van der Waals surface area contributed by atoms with Gasteiger partial charge in [0, 0.05) is 0 Å². The van der Waals surface area contributed by atoms with Crippen molar-refractivity contribution in [3.63, 3.8) is 0 Å². The number of fused-ring (bicyclic) bond motifs is 1. The normalized spacial score (nSPS) is 15.7. The number of hydrogen-bond acceptors (Lipinski definition) is 1. The second-order valence-corrected chi connectivity index (χ2v) is 3.80. The van der Waals surface area contributed by atoms with Crippen molar-refractivity contribution in [2.75, 3.05) is 13.1 Å². The molecule has 0 spiro atoms. The molecule has 1 aliphatic rings. The molecule has 0 amide bonds. The molecule has 14 heavy (non-hydrogen) atoms. The molecule has 0 fully saturated rings. The maximum atomic E-state index is 3.81.